The fraction of sp³-hybridized carbons (Fsp3) is 0.500. The van der Waals surface area contributed by atoms with Gasteiger partial charge in [0.05, 0.1) is 12.6 Å². The van der Waals surface area contributed by atoms with Crippen molar-refractivity contribution in [3.63, 3.8) is 0 Å². The molecule has 1 aliphatic rings. The highest BCUT2D eigenvalue weighted by atomic mass is 35.5. The van der Waals surface area contributed by atoms with E-state index in [1.807, 2.05) is 32.0 Å². The van der Waals surface area contributed by atoms with Crippen LogP contribution in [0.5, 0.6) is 11.5 Å². The Balaban J connectivity index is 0.00000288. The summed E-state index contributed by atoms with van der Waals surface area (Å²) in [5.74, 6) is 0.815. The maximum absolute atomic E-state index is 11.8. The lowest BCUT2D eigenvalue weighted by Gasteiger charge is -2.19. The van der Waals surface area contributed by atoms with E-state index >= 15 is 0 Å². The van der Waals surface area contributed by atoms with E-state index in [1.54, 1.807) is 0 Å². The Morgan fingerprint density at radius 2 is 1.83 bits per heavy atom. The third-order valence-electron chi connectivity index (χ3n) is 3.54. The molecule has 0 bridgehead atoms. The molecule has 0 spiro atoms. The second-order valence-corrected chi connectivity index (χ2v) is 5.74. The van der Waals surface area contributed by atoms with Crippen molar-refractivity contribution in [2.45, 2.75) is 26.4 Å². The summed E-state index contributed by atoms with van der Waals surface area (Å²) >= 11 is 0. The fourth-order valence-electron chi connectivity index (χ4n) is 2.05. The van der Waals surface area contributed by atoms with Gasteiger partial charge in [0.2, 0.25) is 11.8 Å². The average Bonchev–Trinajstić information content (AvgIpc) is 2.56. The number of hydrogen-bond acceptors (Lipinski definition) is 5. The zero-order valence-corrected chi connectivity index (χ0v) is 14.7. The van der Waals surface area contributed by atoms with Crippen LogP contribution in [-0.4, -0.2) is 37.6 Å². The van der Waals surface area contributed by atoms with Gasteiger partial charge in [-0.3, -0.25) is 9.59 Å². The number of fused-ring (bicyclic) bond motifs is 1. The van der Waals surface area contributed by atoms with Crippen molar-refractivity contribution in [1.82, 2.24) is 10.6 Å². The Bertz CT molecular complexity index is 580. The van der Waals surface area contributed by atoms with Crippen LogP contribution >= 0.6 is 12.4 Å². The lowest BCUT2D eigenvalue weighted by Crippen LogP contribution is -2.47. The lowest BCUT2D eigenvalue weighted by atomic mass is 10.1. The van der Waals surface area contributed by atoms with E-state index in [4.69, 9.17) is 15.2 Å². The van der Waals surface area contributed by atoms with Crippen LogP contribution in [0.15, 0.2) is 18.2 Å². The zero-order chi connectivity index (χ0) is 16.8. The summed E-state index contributed by atoms with van der Waals surface area (Å²) in [5.41, 5.74) is 6.60. The van der Waals surface area contributed by atoms with Gasteiger partial charge < -0.3 is 25.8 Å². The summed E-state index contributed by atoms with van der Waals surface area (Å²) in [6.07, 6.45) is 0. The molecule has 134 valence electrons. The molecule has 0 aliphatic carbocycles. The highest BCUT2D eigenvalue weighted by Crippen LogP contribution is 2.30. The maximum atomic E-state index is 11.8. The van der Waals surface area contributed by atoms with E-state index in [9.17, 15) is 9.59 Å². The predicted molar refractivity (Wildman–Crippen MR) is 92.3 cm³/mol. The molecule has 1 aromatic rings. The summed E-state index contributed by atoms with van der Waals surface area (Å²) in [7, 11) is 0. The third-order valence-corrected chi connectivity index (χ3v) is 3.54. The van der Waals surface area contributed by atoms with Crippen LogP contribution in [0.25, 0.3) is 0 Å². The highest BCUT2D eigenvalue weighted by Gasteiger charge is 2.17. The van der Waals surface area contributed by atoms with Crippen LogP contribution in [0, 0.1) is 5.92 Å². The molecule has 2 amide bonds. The largest absolute Gasteiger partial charge is 0.486 e. The highest BCUT2D eigenvalue weighted by molar-refractivity contribution is 5.87. The third kappa shape index (κ3) is 5.58. The molecule has 2 rings (SSSR count). The molecule has 0 radical (unpaired) electrons. The number of hydrogen-bond donors (Lipinski definition) is 3. The number of carbonyl (C=O) groups is 2. The van der Waals surface area contributed by atoms with E-state index in [2.05, 4.69) is 10.6 Å². The van der Waals surface area contributed by atoms with Gasteiger partial charge in [-0.25, -0.2) is 0 Å². The van der Waals surface area contributed by atoms with E-state index in [1.165, 1.54) is 0 Å². The summed E-state index contributed by atoms with van der Waals surface area (Å²) in [6, 6.07) is 4.91. The molecule has 0 unspecified atom stereocenters. The number of benzene rings is 1. The summed E-state index contributed by atoms with van der Waals surface area (Å²) in [4.78, 5) is 23.5. The number of nitrogens with two attached hydrogens (primary N) is 1. The molecule has 0 aromatic heterocycles. The minimum atomic E-state index is -0.611. The molecule has 0 saturated carbocycles. The molecular formula is C16H24ClN3O4. The fourth-order valence-corrected chi connectivity index (χ4v) is 2.05. The van der Waals surface area contributed by atoms with Crippen molar-refractivity contribution in [3.8, 4) is 11.5 Å². The topological polar surface area (TPSA) is 103 Å². The maximum Gasteiger partial charge on any atom is 0.239 e. The van der Waals surface area contributed by atoms with Gasteiger partial charge in [-0.15, -0.1) is 12.4 Å². The molecule has 24 heavy (non-hydrogen) atoms. The molecule has 1 atom stereocenters. The van der Waals surface area contributed by atoms with E-state index in [0.717, 1.165) is 5.56 Å². The van der Waals surface area contributed by atoms with E-state index in [-0.39, 0.29) is 36.7 Å². The van der Waals surface area contributed by atoms with Crippen molar-refractivity contribution in [3.05, 3.63) is 23.8 Å². The molecular weight excluding hydrogens is 334 g/mol. The first-order valence-electron chi connectivity index (χ1n) is 7.66. The van der Waals surface area contributed by atoms with Gasteiger partial charge in [0.25, 0.3) is 0 Å². The quantitative estimate of drug-likeness (QED) is 0.691. The normalized spacial score (nSPS) is 13.7. The molecule has 1 aliphatic heterocycles. The van der Waals surface area contributed by atoms with Crippen molar-refractivity contribution < 1.29 is 19.1 Å². The van der Waals surface area contributed by atoms with Crippen LogP contribution in [-0.2, 0) is 16.1 Å². The molecule has 1 heterocycles. The molecule has 8 heteroatoms. The van der Waals surface area contributed by atoms with Crippen LogP contribution in [0.4, 0.5) is 0 Å². The Morgan fingerprint density at radius 1 is 1.17 bits per heavy atom. The van der Waals surface area contributed by atoms with Crippen molar-refractivity contribution in [1.29, 1.82) is 0 Å². The standard InChI is InChI=1S/C16H23N3O4.ClH/c1-10(2)15(17)16(21)19-9-14(20)18-8-11-3-4-12-13(7-11)23-6-5-22-12;/h3-4,7,10,15H,5-6,8-9,17H2,1-2H3,(H,18,20)(H,19,21);1H/t15-;/m0./s1. The minimum absolute atomic E-state index is 0. The molecule has 0 saturated heterocycles. The first-order valence-corrected chi connectivity index (χ1v) is 7.66. The van der Waals surface area contributed by atoms with E-state index in [0.29, 0.717) is 31.3 Å². The number of carbonyl (C=O) groups excluding carboxylic acids is 2. The number of halogens is 1. The number of nitrogens with one attached hydrogen (secondary N) is 2. The van der Waals surface area contributed by atoms with Gasteiger partial charge in [-0.2, -0.15) is 0 Å². The van der Waals surface area contributed by atoms with Crippen LogP contribution < -0.4 is 25.8 Å². The van der Waals surface area contributed by atoms with Gasteiger partial charge in [0.15, 0.2) is 11.5 Å². The van der Waals surface area contributed by atoms with Crippen LogP contribution in [0.1, 0.15) is 19.4 Å². The second kappa shape index (κ2) is 9.34. The zero-order valence-electron chi connectivity index (χ0n) is 13.8. The van der Waals surface area contributed by atoms with E-state index < -0.39 is 6.04 Å². The smallest absolute Gasteiger partial charge is 0.239 e. The number of ether oxygens (including phenoxy) is 2. The monoisotopic (exact) mass is 357 g/mol. The molecule has 1 aromatic carbocycles. The van der Waals surface area contributed by atoms with Gasteiger partial charge >= 0.3 is 0 Å². The first-order chi connectivity index (χ1) is 11.0. The van der Waals surface area contributed by atoms with Crippen LogP contribution in [0.3, 0.4) is 0 Å². The molecule has 7 nitrogen and oxygen atoms in total. The summed E-state index contributed by atoms with van der Waals surface area (Å²) in [6.45, 7) is 5.02. The number of rotatable bonds is 6. The Hall–Kier alpha value is -1.99. The Kier molecular flexibility index (Phi) is 7.81. The van der Waals surface area contributed by atoms with Gasteiger partial charge in [-0.05, 0) is 23.6 Å². The number of amides is 2. The first kappa shape index (κ1) is 20.1. The minimum Gasteiger partial charge on any atom is -0.486 e. The molecule has 0 fully saturated rings. The molecule has 4 N–H and O–H groups in total. The Labute approximate surface area is 147 Å². The predicted octanol–water partition coefficient (Wildman–Crippen LogP) is 0.595. The SMILES string of the molecule is CC(C)[C@H](N)C(=O)NCC(=O)NCc1ccc2c(c1)OCCO2.Cl. The summed E-state index contributed by atoms with van der Waals surface area (Å²) in [5, 5.41) is 5.27. The summed E-state index contributed by atoms with van der Waals surface area (Å²) < 4.78 is 10.9. The van der Waals surface area contributed by atoms with Gasteiger partial charge in [0.1, 0.15) is 13.2 Å². The van der Waals surface area contributed by atoms with Crippen molar-refractivity contribution in [2.75, 3.05) is 19.8 Å². The van der Waals surface area contributed by atoms with Crippen molar-refractivity contribution in [2.24, 2.45) is 11.7 Å². The van der Waals surface area contributed by atoms with Gasteiger partial charge in [0, 0.05) is 6.54 Å². The average molecular weight is 358 g/mol. The van der Waals surface area contributed by atoms with Crippen LogP contribution in [0.2, 0.25) is 0 Å². The van der Waals surface area contributed by atoms with Crippen molar-refractivity contribution >= 4 is 24.2 Å². The second-order valence-electron chi connectivity index (χ2n) is 5.74. The Morgan fingerprint density at radius 3 is 2.50 bits per heavy atom. The lowest BCUT2D eigenvalue weighted by molar-refractivity contribution is -0.127. The van der Waals surface area contributed by atoms with Gasteiger partial charge in [-0.1, -0.05) is 19.9 Å².